The third-order valence-electron chi connectivity index (χ3n) is 1.27. The molecule has 0 saturated heterocycles. The highest BCUT2D eigenvalue weighted by Gasteiger charge is 2.18. The molecule has 0 aliphatic rings. The molecule has 1 N–H and O–H groups in total. The van der Waals surface area contributed by atoms with Crippen molar-refractivity contribution in [3.63, 3.8) is 0 Å². The molecule has 1 aromatic heterocycles. The van der Waals surface area contributed by atoms with Gasteiger partial charge in [0.1, 0.15) is 11.3 Å². The molecule has 7 heteroatoms. The molecule has 13 heavy (non-hydrogen) atoms. The average molecular weight is 205 g/mol. The summed E-state index contributed by atoms with van der Waals surface area (Å²) in [5.74, 6) is -1.84. The van der Waals surface area contributed by atoms with Crippen LogP contribution < -0.4 is 0 Å². The number of rotatable bonds is 3. The summed E-state index contributed by atoms with van der Waals surface area (Å²) in [6.45, 7) is 0. The lowest BCUT2D eigenvalue weighted by Gasteiger charge is -1.93. The third-order valence-corrected chi connectivity index (χ3v) is 2.06. The van der Waals surface area contributed by atoms with Gasteiger partial charge in [0.25, 0.3) is 0 Å². The monoisotopic (exact) mass is 205 g/mol. The fourth-order valence-electron chi connectivity index (χ4n) is 0.781. The summed E-state index contributed by atoms with van der Waals surface area (Å²) in [4.78, 5) is 10.5. The third kappa shape index (κ3) is 2.55. The molecule has 0 radical (unpaired) electrons. The largest absolute Gasteiger partial charge is 0.478 e. The van der Waals surface area contributed by atoms with Crippen molar-refractivity contribution in [2.45, 2.75) is 5.75 Å². The van der Waals surface area contributed by atoms with E-state index in [0.717, 1.165) is 12.5 Å². The second-order valence-electron chi connectivity index (χ2n) is 2.54. The summed E-state index contributed by atoms with van der Waals surface area (Å²) < 4.78 is 26.1. The van der Waals surface area contributed by atoms with Crippen LogP contribution in [0.15, 0.2) is 10.7 Å². The van der Waals surface area contributed by atoms with Crippen molar-refractivity contribution >= 4 is 15.8 Å². The number of carboxylic acid groups (broad SMARTS) is 1. The maximum Gasteiger partial charge on any atom is 0.341 e. The maximum atomic E-state index is 10.8. The Morgan fingerprint density at radius 2 is 2.31 bits per heavy atom. The molecule has 0 aromatic carbocycles. The zero-order valence-corrected chi connectivity index (χ0v) is 7.54. The molecule has 1 heterocycles. The van der Waals surface area contributed by atoms with Crippen molar-refractivity contribution < 1.29 is 22.8 Å². The fraction of sp³-hybridized carbons (Fsp3) is 0.333. The summed E-state index contributed by atoms with van der Waals surface area (Å²) in [6, 6.07) is 0. The molecule has 0 unspecified atom stereocenters. The van der Waals surface area contributed by atoms with Gasteiger partial charge in [0.05, 0.1) is 6.20 Å². The Hall–Kier alpha value is -1.37. The van der Waals surface area contributed by atoms with Crippen LogP contribution in [0.5, 0.6) is 0 Å². The standard InChI is InChI=1S/C6H7NO5S/c1-13(10,11)3-5-4(6(8)9)2-7-12-5/h2H,3H2,1H3,(H,8,9). The zero-order chi connectivity index (χ0) is 10.1. The summed E-state index contributed by atoms with van der Waals surface area (Å²) >= 11 is 0. The van der Waals surface area contributed by atoms with Crippen molar-refractivity contribution in [2.24, 2.45) is 0 Å². The number of aromatic nitrogens is 1. The van der Waals surface area contributed by atoms with Gasteiger partial charge in [-0.15, -0.1) is 0 Å². The van der Waals surface area contributed by atoms with Crippen LogP contribution in [0.3, 0.4) is 0 Å². The molecule has 72 valence electrons. The minimum atomic E-state index is -3.30. The number of hydrogen-bond acceptors (Lipinski definition) is 5. The lowest BCUT2D eigenvalue weighted by Crippen LogP contribution is -2.05. The van der Waals surface area contributed by atoms with E-state index in [1.54, 1.807) is 0 Å². The number of aromatic carboxylic acids is 1. The van der Waals surface area contributed by atoms with E-state index in [-0.39, 0.29) is 11.3 Å². The van der Waals surface area contributed by atoms with Gasteiger partial charge >= 0.3 is 5.97 Å². The summed E-state index contributed by atoms with van der Waals surface area (Å²) in [6.07, 6.45) is 1.96. The molecule has 1 aromatic rings. The highest BCUT2D eigenvalue weighted by Crippen LogP contribution is 2.10. The van der Waals surface area contributed by atoms with Crippen molar-refractivity contribution in [2.75, 3.05) is 6.26 Å². The van der Waals surface area contributed by atoms with Crippen molar-refractivity contribution in [3.8, 4) is 0 Å². The smallest absolute Gasteiger partial charge is 0.341 e. The van der Waals surface area contributed by atoms with Crippen LogP contribution >= 0.6 is 0 Å². The van der Waals surface area contributed by atoms with E-state index >= 15 is 0 Å². The van der Waals surface area contributed by atoms with E-state index in [2.05, 4.69) is 9.68 Å². The second kappa shape index (κ2) is 3.17. The Labute approximate surface area is 74.1 Å². The maximum absolute atomic E-state index is 10.8. The van der Waals surface area contributed by atoms with Gasteiger partial charge in [-0.3, -0.25) is 0 Å². The fourth-order valence-corrected chi connectivity index (χ4v) is 1.47. The van der Waals surface area contributed by atoms with E-state index < -0.39 is 21.6 Å². The predicted molar refractivity (Wildman–Crippen MR) is 42.0 cm³/mol. The zero-order valence-electron chi connectivity index (χ0n) is 6.72. The lowest BCUT2D eigenvalue weighted by molar-refractivity contribution is 0.0695. The molecule has 6 nitrogen and oxygen atoms in total. The summed E-state index contributed by atoms with van der Waals surface area (Å²) in [7, 11) is -3.30. The van der Waals surface area contributed by atoms with E-state index in [9.17, 15) is 13.2 Å². The summed E-state index contributed by atoms with van der Waals surface area (Å²) in [5, 5.41) is 11.8. The SMILES string of the molecule is CS(=O)(=O)Cc1oncc1C(=O)O. The molecule has 0 atom stereocenters. The first kappa shape index (κ1) is 9.72. The molecule has 0 fully saturated rings. The highest BCUT2D eigenvalue weighted by molar-refractivity contribution is 7.89. The number of carboxylic acids is 1. The van der Waals surface area contributed by atoms with Gasteiger partial charge in [-0.05, 0) is 0 Å². The summed E-state index contributed by atoms with van der Waals surface area (Å²) in [5.41, 5.74) is -0.217. The average Bonchev–Trinajstić information content (AvgIpc) is 2.31. The van der Waals surface area contributed by atoms with Gasteiger partial charge in [0, 0.05) is 6.26 Å². The van der Waals surface area contributed by atoms with Crippen LogP contribution in [0.25, 0.3) is 0 Å². The number of carbonyl (C=O) groups is 1. The van der Waals surface area contributed by atoms with Crippen molar-refractivity contribution in [3.05, 3.63) is 17.5 Å². The minimum absolute atomic E-state index is 0.144. The molecule has 0 spiro atoms. The van der Waals surface area contributed by atoms with Gasteiger partial charge in [-0.25, -0.2) is 13.2 Å². The Morgan fingerprint density at radius 3 is 2.77 bits per heavy atom. The van der Waals surface area contributed by atoms with Crippen LogP contribution in [0.4, 0.5) is 0 Å². The van der Waals surface area contributed by atoms with Crippen molar-refractivity contribution in [1.29, 1.82) is 0 Å². The van der Waals surface area contributed by atoms with Crippen LogP contribution in [0.1, 0.15) is 16.1 Å². The minimum Gasteiger partial charge on any atom is -0.478 e. The normalized spacial score (nSPS) is 11.5. The number of sulfone groups is 1. The van der Waals surface area contributed by atoms with Crippen LogP contribution in [-0.4, -0.2) is 30.9 Å². The molecular weight excluding hydrogens is 198 g/mol. The molecule has 0 aliphatic carbocycles. The van der Waals surface area contributed by atoms with E-state index in [4.69, 9.17) is 5.11 Å². The molecule has 0 saturated carbocycles. The first-order valence-corrected chi connectivity index (χ1v) is 5.31. The van der Waals surface area contributed by atoms with Gasteiger partial charge < -0.3 is 9.63 Å². The second-order valence-corrected chi connectivity index (χ2v) is 4.68. The predicted octanol–water partition coefficient (Wildman–Crippen LogP) is -0.0826. The van der Waals surface area contributed by atoms with Gasteiger partial charge in [0.15, 0.2) is 15.6 Å². The Balaban J connectivity index is 3.02. The van der Waals surface area contributed by atoms with Gasteiger partial charge in [0.2, 0.25) is 0 Å². The molecular formula is C6H7NO5S. The topological polar surface area (TPSA) is 97.5 Å². The molecule has 0 amide bonds. The van der Waals surface area contributed by atoms with Crippen LogP contribution in [-0.2, 0) is 15.6 Å². The Bertz CT molecular complexity index is 418. The molecule has 0 bridgehead atoms. The number of hydrogen-bond donors (Lipinski definition) is 1. The van der Waals surface area contributed by atoms with Gasteiger partial charge in [-0.2, -0.15) is 0 Å². The van der Waals surface area contributed by atoms with Crippen molar-refractivity contribution in [1.82, 2.24) is 5.16 Å². The Kier molecular flexibility index (Phi) is 2.37. The van der Waals surface area contributed by atoms with Gasteiger partial charge in [-0.1, -0.05) is 5.16 Å². The lowest BCUT2D eigenvalue weighted by atomic mass is 10.3. The van der Waals surface area contributed by atoms with E-state index in [1.165, 1.54) is 0 Å². The number of nitrogens with zero attached hydrogens (tertiary/aromatic N) is 1. The van der Waals surface area contributed by atoms with E-state index in [1.807, 2.05) is 0 Å². The first-order chi connectivity index (χ1) is 5.90. The van der Waals surface area contributed by atoms with E-state index in [0.29, 0.717) is 0 Å². The van der Waals surface area contributed by atoms with Crippen LogP contribution in [0.2, 0.25) is 0 Å². The highest BCUT2D eigenvalue weighted by atomic mass is 32.2. The van der Waals surface area contributed by atoms with Crippen LogP contribution in [0, 0.1) is 0 Å². The first-order valence-electron chi connectivity index (χ1n) is 3.25. The molecule has 1 rings (SSSR count). The molecule has 0 aliphatic heterocycles. The quantitative estimate of drug-likeness (QED) is 0.741. The Morgan fingerprint density at radius 1 is 1.69 bits per heavy atom.